The summed E-state index contributed by atoms with van der Waals surface area (Å²) < 4.78 is 0. The standard InChI is InChI=1S/C16H16OS.CH4/c17-15-11-5-4-10-14(15)16(18)12-6-9-13-7-2-1-3-8-13;/h1-5,7-8,10-11,17H,6,9,12H2;1H4. The van der Waals surface area contributed by atoms with E-state index in [1.165, 1.54) is 5.56 Å². The number of rotatable bonds is 5. The summed E-state index contributed by atoms with van der Waals surface area (Å²) in [5.41, 5.74) is 2.12. The Morgan fingerprint density at radius 2 is 1.58 bits per heavy atom. The Hall–Kier alpha value is -1.67. The van der Waals surface area contributed by atoms with Gasteiger partial charge in [-0.3, -0.25) is 0 Å². The highest BCUT2D eigenvalue weighted by atomic mass is 32.1. The summed E-state index contributed by atoms with van der Waals surface area (Å²) in [6.07, 6.45) is 2.87. The molecule has 1 nitrogen and oxygen atoms in total. The third kappa shape index (κ3) is 4.49. The van der Waals surface area contributed by atoms with Gasteiger partial charge in [-0.2, -0.15) is 0 Å². The molecule has 19 heavy (non-hydrogen) atoms. The van der Waals surface area contributed by atoms with Crippen molar-refractivity contribution in [2.45, 2.75) is 26.7 Å². The summed E-state index contributed by atoms with van der Waals surface area (Å²) in [4.78, 5) is 0.837. The van der Waals surface area contributed by atoms with Crippen LogP contribution in [0.15, 0.2) is 54.6 Å². The van der Waals surface area contributed by atoms with Crippen molar-refractivity contribution in [2.24, 2.45) is 0 Å². The van der Waals surface area contributed by atoms with Crippen molar-refractivity contribution in [3.63, 3.8) is 0 Å². The Kier molecular flexibility index (Phi) is 6.23. The van der Waals surface area contributed by atoms with E-state index in [-0.39, 0.29) is 13.2 Å². The van der Waals surface area contributed by atoms with Gasteiger partial charge in [0.15, 0.2) is 0 Å². The van der Waals surface area contributed by atoms with Crippen LogP contribution >= 0.6 is 12.2 Å². The van der Waals surface area contributed by atoms with E-state index in [9.17, 15) is 5.11 Å². The molecule has 0 radical (unpaired) electrons. The summed E-state index contributed by atoms with van der Waals surface area (Å²) >= 11 is 5.36. The van der Waals surface area contributed by atoms with E-state index in [4.69, 9.17) is 12.2 Å². The van der Waals surface area contributed by atoms with Gasteiger partial charge in [0, 0.05) is 10.4 Å². The maximum Gasteiger partial charge on any atom is 0.123 e. The van der Waals surface area contributed by atoms with Gasteiger partial charge in [0.25, 0.3) is 0 Å². The number of aromatic hydroxyl groups is 1. The van der Waals surface area contributed by atoms with Gasteiger partial charge in [0.1, 0.15) is 5.75 Å². The second-order valence-electron chi connectivity index (χ2n) is 4.28. The van der Waals surface area contributed by atoms with Gasteiger partial charge in [-0.05, 0) is 30.9 Å². The minimum Gasteiger partial charge on any atom is -0.507 e. The molecule has 0 aliphatic heterocycles. The minimum absolute atomic E-state index is 0. The van der Waals surface area contributed by atoms with E-state index in [0.29, 0.717) is 0 Å². The topological polar surface area (TPSA) is 20.2 Å². The molecule has 1 N–H and O–H groups in total. The molecule has 0 spiro atoms. The summed E-state index contributed by atoms with van der Waals surface area (Å²) in [5.74, 6) is 0.280. The molecule has 0 aliphatic rings. The van der Waals surface area contributed by atoms with E-state index in [1.54, 1.807) is 6.07 Å². The van der Waals surface area contributed by atoms with Gasteiger partial charge >= 0.3 is 0 Å². The average Bonchev–Trinajstić information content (AvgIpc) is 2.40. The van der Waals surface area contributed by atoms with Crippen molar-refractivity contribution >= 4 is 17.1 Å². The monoisotopic (exact) mass is 272 g/mol. The highest BCUT2D eigenvalue weighted by Crippen LogP contribution is 2.19. The Morgan fingerprint density at radius 3 is 2.26 bits per heavy atom. The molecule has 0 bridgehead atoms. The zero-order valence-corrected chi connectivity index (χ0v) is 11.0. The number of thiocarbonyl (C=S) groups is 1. The van der Waals surface area contributed by atoms with E-state index >= 15 is 0 Å². The van der Waals surface area contributed by atoms with Gasteiger partial charge in [-0.25, -0.2) is 0 Å². The molecular formula is C17H20OS. The van der Waals surface area contributed by atoms with Crippen LogP contribution in [0.1, 0.15) is 31.4 Å². The van der Waals surface area contributed by atoms with Crippen molar-refractivity contribution in [2.75, 3.05) is 0 Å². The van der Waals surface area contributed by atoms with Gasteiger partial charge in [0.05, 0.1) is 0 Å². The molecule has 0 unspecified atom stereocenters. The fourth-order valence-electron chi connectivity index (χ4n) is 1.94. The van der Waals surface area contributed by atoms with E-state index in [2.05, 4.69) is 24.3 Å². The van der Waals surface area contributed by atoms with Crippen LogP contribution < -0.4 is 0 Å². The fraction of sp³-hybridized carbons (Fsp3) is 0.235. The lowest BCUT2D eigenvalue weighted by molar-refractivity contribution is 0.474. The SMILES string of the molecule is C.Oc1ccccc1C(=S)CCCc1ccccc1. The van der Waals surface area contributed by atoms with Crippen LogP contribution in [0.4, 0.5) is 0 Å². The van der Waals surface area contributed by atoms with Gasteiger partial charge in [-0.15, -0.1) is 0 Å². The molecule has 2 aromatic rings. The molecule has 0 amide bonds. The Balaban J connectivity index is 0.00000180. The quantitative estimate of drug-likeness (QED) is 0.625. The third-order valence-electron chi connectivity index (χ3n) is 2.92. The van der Waals surface area contributed by atoms with Crippen LogP contribution in [0, 0.1) is 0 Å². The second kappa shape index (κ2) is 7.70. The van der Waals surface area contributed by atoms with Crippen molar-refractivity contribution < 1.29 is 5.11 Å². The summed E-state index contributed by atoms with van der Waals surface area (Å²) in [7, 11) is 0. The van der Waals surface area contributed by atoms with Crippen molar-refractivity contribution in [1.82, 2.24) is 0 Å². The molecule has 0 atom stereocenters. The molecule has 0 aliphatic carbocycles. The zero-order valence-electron chi connectivity index (χ0n) is 10.2. The first-order chi connectivity index (χ1) is 8.77. The summed E-state index contributed by atoms with van der Waals surface area (Å²) in [5, 5.41) is 9.71. The number of para-hydroxylation sites is 1. The van der Waals surface area contributed by atoms with Crippen LogP contribution in [-0.4, -0.2) is 9.97 Å². The first kappa shape index (κ1) is 15.4. The maximum absolute atomic E-state index is 9.71. The number of benzene rings is 2. The number of hydrogen-bond donors (Lipinski definition) is 1. The molecule has 0 fully saturated rings. The smallest absolute Gasteiger partial charge is 0.123 e. The highest BCUT2D eigenvalue weighted by Gasteiger charge is 2.05. The lowest BCUT2D eigenvalue weighted by Crippen LogP contribution is -1.98. The normalized spacial score (nSPS) is 9.68. The predicted octanol–water partition coefficient (Wildman–Crippen LogP) is 4.77. The predicted molar refractivity (Wildman–Crippen MR) is 85.9 cm³/mol. The Morgan fingerprint density at radius 1 is 0.947 bits per heavy atom. The first-order valence-electron chi connectivity index (χ1n) is 6.12. The van der Waals surface area contributed by atoms with Crippen molar-refractivity contribution in [3.05, 3.63) is 65.7 Å². The van der Waals surface area contributed by atoms with Gasteiger partial charge in [0.2, 0.25) is 0 Å². The lowest BCUT2D eigenvalue weighted by Gasteiger charge is -2.06. The molecule has 100 valence electrons. The van der Waals surface area contributed by atoms with Gasteiger partial charge in [-0.1, -0.05) is 68.2 Å². The number of phenols is 1. The molecule has 0 saturated heterocycles. The first-order valence-corrected chi connectivity index (χ1v) is 6.53. The highest BCUT2D eigenvalue weighted by molar-refractivity contribution is 7.80. The minimum atomic E-state index is 0. The molecular weight excluding hydrogens is 252 g/mol. The van der Waals surface area contributed by atoms with Crippen LogP contribution in [-0.2, 0) is 6.42 Å². The fourth-order valence-corrected chi connectivity index (χ4v) is 2.26. The Labute approximate surface area is 120 Å². The molecule has 0 heterocycles. The van der Waals surface area contributed by atoms with Crippen LogP contribution in [0.3, 0.4) is 0 Å². The second-order valence-corrected chi connectivity index (χ2v) is 4.77. The molecule has 2 aromatic carbocycles. The number of hydrogen-bond acceptors (Lipinski definition) is 2. The number of aryl methyl sites for hydroxylation is 1. The summed E-state index contributed by atoms with van der Waals surface area (Å²) in [6, 6.07) is 17.7. The van der Waals surface area contributed by atoms with Crippen LogP contribution in [0.25, 0.3) is 0 Å². The van der Waals surface area contributed by atoms with Gasteiger partial charge < -0.3 is 5.11 Å². The molecule has 2 heteroatoms. The third-order valence-corrected chi connectivity index (χ3v) is 3.34. The average molecular weight is 272 g/mol. The van der Waals surface area contributed by atoms with Crippen LogP contribution in [0.2, 0.25) is 0 Å². The molecule has 0 saturated carbocycles. The van der Waals surface area contributed by atoms with E-state index < -0.39 is 0 Å². The van der Waals surface area contributed by atoms with E-state index in [0.717, 1.165) is 29.7 Å². The lowest BCUT2D eigenvalue weighted by atomic mass is 10.0. The summed E-state index contributed by atoms with van der Waals surface area (Å²) in [6.45, 7) is 0. The van der Waals surface area contributed by atoms with Crippen molar-refractivity contribution in [3.8, 4) is 5.75 Å². The Bertz CT molecular complexity index is 520. The van der Waals surface area contributed by atoms with Crippen LogP contribution in [0.5, 0.6) is 5.75 Å². The largest absolute Gasteiger partial charge is 0.507 e. The maximum atomic E-state index is 9.71. The number of phenolic OH excluding ortho intramolecular Hbond substituents is 1. The molecule has 0 aromatic heterocycles. The van der Waals surface area contributed by atoms with Crippen molar-refractivity contribution in [1.29, 1.82) is 0 Å². The molecule has 2 rings (SSSR count). The zero-order chi connectivity index (χ0) is 12.8. The van der Waals surface area contributed by atoms with E-state index in [1.807, 2.05) is 24.3 Å².